The molecule has 7 nitrogen and oxygen atoms in total. The highest BCUT2D eigenvalue weighted by atomic mass is 16.5. The molecule has 0 radical (unpaired) electrons. The molecular formula is C18H24N2O5. The van der Waals surface area contributed by atoms with Crippen LogP contribution in [0.5, 0.6) is 5.75 Å². The fraction of sp³-hybridized carbons (Fsp3) is 0.556. The van der Waals surface area contributed by atoms with Crippen LogP contribution in [0.1, 0.15) is 19.8 Å². The zero-order valence-electron chi connectivity index (χ0n) is 14.3. The Morgan fingerprint density at radius 2 is 2.08 bits per heavy atom. The van der Waals surface area contributed by atoms with E-state index >= 15 is 0 Å². The maximum absolute atomic E-state index is 12.4. The number of benzene rings is 1. The van der Waals surface area contributed by atoms with Crippen LogP contribution in [0.3, 0.4) is 0 Å². The molecule has 136 valence electrons. The summed E-state index contributed by atoms with van der Waals surface area (Å²) in [4.78, 5) is 25.0. The molecule has 1 aromatic carbocycles. The van der Waals surface area contributed by atoms with E-state index in [9.17, 15) is 9.59 Å². The minimum Gasteiger partial charge on any atom is -0.486 e. The average Bonchev–Trinajstić information content (AvgIpc) is 3.10. The Balaban J connectivity index is 1.57. The molecule has 4 atom stereocenters. The number of carboxylic acid groups (broad SMARTS) is 1. The van der Waals surface area contributed by atoms with Gasteiger partial charge in [0, 0.05) is 26.1 Å². The monoisotopic (exact) mass is 348 g/mol. The number of hydrogen-bond donors (Lipinski definition) is 2. The Morgan fingerprint density at radius 1 is 1.32 bits per heavy atom. The van der Waals surface area contributed by atoms with E-state index in [1.54, 1.807) is 4.90 Å². The van der Waals surface area contributed by atoms with Crippen molar-refractivity contribution < 1.29 is 24.2 Å². The number of urea groups is 1. The minimum atomic E-state index is -0.847. The number of carbonyl (C=O) groups excluding carboxylic acids is 1. The second-order valence-electron chi connectivity index (χ2n) is 6.45. The number of rotatable bonds is 6. The molecule has 2 aliphatic rings. The number of ether oxygens (including phenoxy) is 2. The molecule has 0 bridgehead atoms. The van der Waals surface area contributed by atoms with E-state index in [4.69, 9.17) is 14.6 Å². The summed E-state index contributed by atoms with van der Waals surface area (Å²) in [7, 11) is 0. The number of amides is 2. The number of para-hydroxylation sites is 1. The van der Waals surface area contributed by atoms with Gasteiger partial charge in [0.05, 0.1) is 18.1 Å². The summed E-state index contributed by atoms with van der Waals surface area (Å²) in [6.07, 6.45) is 0.886. The number of carboxylic acids is 1. The zero-order chi connectivity index (χ0) is 17.8. The lowest BCUT2D eigenvalue weighted by Gasteiger charge is -2.44. The molecule has 1 heterocycles. The van der Waals surface area contributed by atoms with Crippen LogP contribution in [0.25, 0.3) is 0 Å². The molecule has 0 spiro atoms. The Morgan fingerprint density at radius 3 is 2.72 bits per heavy atom. The molecule has 0 aromatic heterocycles. The van der Waals surface area contributed by atoms with Gasteiger partial charge in [0.1, 0.15) is 11.9 Å². The van der Waals surface area contributed by atoms with Gasteiger partial charge < -0.3 is 24.8 Å². The molecule has 2 N–H and O–H groups in total. The van der Waals surface area contributed by atoms with Gasteiger partial charge in [0.2, 0.25) is 0 Å². The first-order valence-corrected chi connectivity index (χ1v) is 8.70. The smallest absolute Gasteiger partial charge is 0.317 e. The molecule has 7 heteroatoms. The summed E-state index contributed by atoms with van der Waals surface area (Å²) in [5.41, 5.74) is 0. The average molecular weight is 348 g/mol. The lowest BCUT2D eigenvalue weighted by Crippen LogP contribution is -2.64. The van der Waals surface area contributed by atoms with Gasteiger partial charge in [-0.25, -0.2) is 4.79 Å². The Hall–Kier alpha value is -2.28. The van der Waals surface area contributed by atoms with Crippen molar-refractivity contribution in [3.05, 3.63) is 30.3 Å². The summed E-state index contributed by atoms with van der Waals surface area (Å²) >= 11 is 0. The van der Waals surface area contributed by atoms with Gasteiger partial charge in [-0.1, -0.05) is 18.2 Å². The van der Waals surface area contributed by atoms with Crippen LogP contribution in [0.15, 0.2) is 30.3 Å². The van der Waals surface area contributed by atoms with Crippen molar-refractivity contribution in [3.63, 3.8) is 0 Å². The molecule has 2 fully saturated rings. The maximum Gasteiger partial charge on any atom is 0.317 e. The molecule has 4 unspecified atom stereocenters. The van der Waals surface area contributed by atoms with Crippen LogP contribution < -0.4 is 10.1 Å². The van der Waals surface area contributed by atoms with E-state index in [-0.39, 0.29) is 30.8 Å². The summed E-state index contributed by atoms with van der Waals surface area (Å²) < 4.78 is 11.7. The molecule has 2 amide bonds. The Labute approximate surface area is 146 Å². The highest BCUT2D eigenvalue weighted by Gasteiger charge is 2.45. The van der Waals surface area contributed by atoms with E-state index < -0.39 is 11.9 Å². The van der Waals surface area contributed by atoms with Crippen molar-refractivity contribution in [2.75, 3.05) is 19.7 Å². The van der Waals surface area contributed by atoms with Crippen molar-refractivity contribution in [2.24, 2.45) is 5.92 Å². The van der Waals surface area contributed by atoms with E-state index in [1.165, 1.54) is 0 Å². The van der Waals surface area contributed by atoms with Crippen molar-refractivity contribution >= 4 is 12.0 Å². The van der Waals surface area contributed by atoms with Gasteiger partial charge in [0.15, 0.2) is 0 Å². The SMILES string of the molecule is CCOC1CC(NC(=O)N2CCC(C(=O)O)C2)C1Oc1ccccc1. The van der Waals surface area contributed by atoms with E-state index in [2.05, 4.69) is 5.32 Å². The minimum absolute atomic E-state index is 0.0548. The molecule has 1 saturated heterocycles. The van der Waals surface area contributed by atoms with Crippen LogP contribution in [0.2, 0.25) is 0 Å². The van der Waals surface area contributed by atoms with Crippen molar-refractivity contribution in [1.82, 2.24) is 10.2 Å². The summed E-state index contributed by atoms with van der Waals surface area (Å²) in [5, 5.41) is 12.0. The normalized spacial score (nSPS) is 28.3. The second-order valence-corrected chi connectivity index (χ2v) is 6.45. The summed E-state index contributed by atoms with van der Waals surface area (Å²) in [5.74, 6) is -0.580. The molecule has 3 rings (SSSR count). The van der Waals surface area contributed by atoms with Crippen LogP contribution in [0.4, 0.5) is 4.79 Å². The Bertz CT molecular complexity index is 609. The van der Waals surface area contributed by atoms with E-state index in [0.717, 1.165) is 5.75 Å². The van der Waals surface area contributed by atoms with Gasteiger partial charge in [0.25, 0.3) is 0 Å². The number of carbonyl (C=O) groups is 2. The third-order valence-electron chi connectivity index (χ3n) is 4.78. The van der Waals surface area contributed by atoms with Gasteiger partial charge >= 0.3 is 12.0 Å². The second kappa shape index (κ2) is 7.74. The van der Waals surface area contributed by atoms with Gasteiger partial charge in [-0.15, -0.1) is 0 Å². The van der Waals surface area contributed by atoms with E-state index in [1.807, 2.05) is 37.3 Å². The third kappa shape index (κ3) is 4.04. The molecule has 1 aromatic rings. The molecule has 1 saturated carbocycles. The highest BCUT2D eigenvalue weighted by molar-refractivity contribution is 5.77. The number of nitrogens with zero attached hydrogens (tertiary/aromatic N) is 1. The summed E-state index contributed by atoms with van der Waals surface area (Å²) in [6, 6.07) is 9.08. The Kier molecular flexibility index (Phi) is 5.43. The topological polar surface area (TPSA) is 88.1 Å². The number of nitrogens with one attached hydrogen (secondary N) is 1. The standard InChI is InChI=1S/C18H24N2O5/c1-2-24-15-10-14(16(15)25-13-6-4-3-5-7-13)19-18(23)20-9-8-12(11-20)17(21)22/h3-7,12,14-16H,2,8-11H2,1H3,(H,19,23)(H,21,22). The first-order valence-electron chi connectivity index (χ1n) is 8.70. The molecule has 1 aliphatic carbocycles. The zero-order valence-corrected chi connectivity index (χ0v) is 14.3. The lowest BCUT2D eigenvalue weighted by molar-refractivity contribution is -0.141. The maximum atomic E-state index is 12.4. The number of hydrogen-bond acceptors (Lipinski definition) is 4. The summed E-state index contributed by atoms with van der Waals surface area (Å²) in [6.45, 7) is 3.25. The first kappa shape index (κ1) is 17.5. The van der Waals surface area contributed by atoms with Crippen LogP contribution >= 0.6 is 0 Å². The van der Waals surface area contributed by atoms with Crippen molar-refractivity contribution in [1.29, 1.82) is 0 Å². The highest BCUT2D eigenvalue weighted by Crippen LogP contribution is 2.29. The first-order chi connectivity index (χ1) is 12.1. The van der Waals surface area contributed by atoms with Crippen LogP contribution in [-0.4, -0.2) is 60.0 Å². The fourth-order valence-electron chi connectivity index (χ4n) is 3.31. The van der Waals surface area contributed by atoms with Gasteiger partial charge in [-0.3, -0.25) is 4.79 Å². The van der Waals surface area contributed by atoms with Gasteiger partial charge in [-0.05, 0) is 25.5 Å². The molecule has 1 aliphatic heterocycles. The lowest BCUT2D eigenvalue weighted by atomic mass is 9.85. The quantitative estimate of drug-likeness (QED) is 0.817. The van der Waals surface area contributed by atoms with E-state index in [0.29, 0.717) is 26.0 Å². The van der Waals surface area contributed by atoms with Crippen molar-refractivity contribution in [2.45, 2.75) is 38.0 Å². The number of aliphatic carboxylic acids is 1. The van der Waals surface area contributed by atoms with Gasteiger partial charge in [-0.2, -0.15) is 0 Å². The largest absolute Gasteiger partial charge is 0.486 e. The molecular weight excluding hydrogens is 324 g/mol. The predicted molar refractivity (Wildman–Crippen MR) is 90.5 cm³/mol. The predicted octanol–water partition coefficient (Wildman–Crippen LogP) is 1.73. The van der Waals surface area contributed by atoms with Crippen LogP contribution in [0, 0.1) is 5.92 Å². The number of likely N-dealkylation sites (tertiary alicyclic amines) is 1. The third-order valence-corrected chi connectivity index (χ3v) is 4.78. The molecule has 25 heavy (non-hydrogen) atoms. The fourth-order valence-corrected chi connectivity index (χ4v) is 3.31. The van der Waals surface area contributed by atoms with Crippen molar-refractivity contribution in [3.8, 4) is 5.75 Å². The van der Waals surface area contributed by atoms with Crippen LogP contribution in [-0.2, 0) is 9.53 Å².